The fraction of sp³-hybridized carbons (Fsp3) is 0.316. The van der Waals surface area contributed by atoms with E-state index in [-0.39, 0.29) is 6.10 Å². The van der Waals surface area contributed by atoms with Crippen molar-refractivity contribution < 1.29 is 14.2 Å². The number of rotatable bonds is 4. The number of para-hydroxylation sites is 2. The lowest BCUT2D eigenvalue weighted by molar-refractivity contribution is -0.138. The molecule has 5 rings (SSSR count). The van der Waals surface area contributed by atoms with Crippen molar-refractivity contribution in [1.29, 1.82) is 0 Å². The summed E-state index contributed by atoms with van der Waals surface area (Å²) in [6.07, 6.45) is 0.246. The van der Waals surface area contributed by atoms with E-state index in [0.717, 1.165) is 35.6 Å². The maximum absolute atomic E-state index is 6.14. The third kappa shape index (κ3) is 2.17. The van der Waals surface area contributed by atoms with Gasteiger partial charge < -0.3 is 18.8 Å². The van der Waals surface area contributed by atoms with Crippen LogP contribution in [0.1, 0.15) is 11.4 Å². The predicted octanol–water partition coefficient (Wildman–Crippen LogP) is 2.68. The van der Waals surface area contributed by atoms with Crippen LogP contribution >= 0.6 is 0 Å². The lowest BCUT2D eigenvalue weighted by Crippen LogP contribution is -2.33. The molecule has 1 unspecified atom stereocenters. The highest BCUT2D eigenvalue weighted by Crippen LogP contribution is 2.39. The topological polar surface area (TPSA) is 48.8 Å². The molecule has 2 fully saturated rings. The van der Waals surface area contributed by atoms with Gasteiger partial charge in [-0.05, 0) is 12.1 Å². The SMILES string of the molecule is c1ccc(C2(c3nc4ccccc4n3CC3CO3)OCCO2)cc1. The van der Waals surface area contributed by atoms with Crippen LogP contribution in [0.25, 0.3) is 11.0 Å². The van der Waals surface area contributed by atoms with E-state index in [1.54, 1.807) is 0 Å². The average molecular weight is 322 g/mol. The van der Waals surface area contributed by atoms with Gasteiger partial charge in [0.05, 0.1) is 43.5 Å². The summed E-state index contributed by atoms with van der Waals surface area (Å²) in [6, 6.07) is 18.2. The molecule has 1 aromatic heterocycles. The van der Waals surface area contributed by atoms with Gasteiger partial charge in [-0.3, -0.25) is 0 Å². The fourth-order valence-electron chi connectivity index (χ4n) is 3.38. The Morgan fingerprint density at radius 3 is 2.46 bits per heavy atom. The molecule has 5 heteroatoms. The minimum atomic E-state index is -0.949. The first kappa shape index (κ1) is 14.2. The normalized spacial score (nSPS) is 22.1. The zero-order valence-corrected chi connectivity index (χ0v) is 13.2. The van der Waals surface area contributed by atoms with Crippen LogP contribution in [0.15, 0.2) is 54.6 Å². The van der Waals surface area contributed by atoms with Gasteiger partial charge in [0.1, 0.15) is 0 Å². The zero-order chi connectivity index (χ0) is 16.0. The summed E-state index contributed by atoms with van der Waals surface area (Å²) >= 11 is 0. The molecule has 0 saturated carbocycles. The van der Waals surface area contributed by atoms with Crippen LogP contribution in [-0.2, 0) is 26.5 Å². The molecule has 0 N–H and O–H groups in total. The quantitative estimate of drug-likeness (QED) is 0.693. The van der Waals surface area contributed by atoms with Crippen LogP contribution in [0.4, 0.5) is 0 Å². The molecule has 0 bridgehead atoms. The van der Waals surface area contributed by atoms with Gasteiger partial charge in [0.15, 0.2) is 5.82 Å². The van der Waals surface area contributed by atoms with Crippen LogP contribution in [0.5, 0.6) is 0 Å². The molecule has 2 aliphatic heterocycles. The zero-order valence-electron chi connectivity index (χ0n) is 13.2. The van der Waals surface area contributed by atoms with Gasteiger partial charge in [0.25, 0.3) is 5.79 Å². The molecule has 2 aromatic carbocycles. The van der Waals surface area contributed by atoms with E-state index in [4.69, 9.17) is 19.2 Å². The van der Waals surface area contributed by atoms with Crippen LogP contribution in [0, 0.1) is 0 Å². The minimum Gasteiger partial charge on any atom is -0.371 e. The first-order valence-electron chi connectivity index (χ1n) is 8.28. The van der Waals surface area contributed by atoms with E-state index >= 15 is 0 Å². The first-order valence-corrected chi connectivity index (χ1v) is 8.28. The molecule has 5 nitrogen and oxygen atoms in total. The van der Waals surface area contributed by atoms with Gasteiger partial charge in [-0.15, -0.1) is 0 Å². The maximum atomic E-state index is 6.14. The fourth-order valence-corrected chi connectivity index (χ4v) is 3.38. The van der Waals surface area contributed by atoms with E-state index < -0.39 is 5.79 Å². The summed E-state index contributed by atoms with van der Waals surface area (Å²) < 4.78 is 19.9. The molecular weight excluding hydrogens is 304 g/mol. The molecule has 0 radical (unpaired) electrons. The smallest absolute Gasteiger partial charge is 0.256 e. The third-order valence-electron chi connectivity index (χ3n) is 4.59. The first-order chi connectivity index (χ1) is 11.9. The summed E-state index contributed by atoms with van der Waals surface area (Å²) in [5.74, 6) is -0.155. The van der Waals surface area contributed by atoms with Gasteiger partial charge in [-0.2, -0.15) is 0 Å². The summed E-state index contributed by atoms with van der Waals surface area (Å²) in [7, 11) is 0. The van der Waals surface area contributed by atoms with Gasteiger partial charge in [-0.1, -0.05) is 42.5 Å². The molecule has 2 aliphatic rings. The van der Waals surface area contributed by atoms with Crippen molar-refractivity contribution in [1.82, 2.24) is 9.55 Å². The van der Waals surface area contributed by atoms with Crippen LogP contribution in [0.3, 0.4) is 0 Å². The summed E-state index contributed by atoms with van der Waals surface area (Å²) in [5.41, 5.74) is 3.00. The van der Waals surface area contributed by atoms with Gasteiger partial charge in [0, 0.05) is 5.56 Å². The standard InChI is InChI=1S/C19H18N2O3/c1-2-6-14(7-3-1)19(23-10-11-24-19)18-20-16-8-4-5-9-17(16)21(18)12-15-13-22-15/h1-9,15H,10-13H2. The van der Waals surface area contributed by atoms with E-state index in [2.05, 4.69) is 10.6 Å². The lowest BCUT2D eigenvalue weighted by atomic mass is 10.0. The number of benzene rings is 2. The van der Waals surface area contributed by atoms with Crippen molar-refractivity contribution in [2.75, 3.05) is 19.8 Å². The van der Waals surface area contributed by atoms with Crippen molar-refractivity contribution in [3.05, 3.63) is 66.0 Å². The number of imidazole rings is 1. The van der Waals surface area contributed by atoms with E-state index in [9.17, 15) is 0 Å². The average Bonchev–Trinajstić information content (AvgIpc) is 3.18. The number of epoxide rings is 1. The van der Waals surface area contributed by atoms with Crippen molar-refractivity contribution in [2.45, 2.75) is 18.4 Å². The van der Waals surface area contributed by atoms with E-state index in [1.807, 2.05) is 48.5 Å². The second-order valence-corrected chi connectivity index (χ2v) is 6.17. The highest BCUT2D eigenvalue weighted by molar-refractivity contribution is 5.76. The molecule has 3 heterocycles. The van der Waals surface area contributed by atoms with Crippen molar-refractivity contribution in [2.24, 2.45) is 0 Å². The monoisotopic (exact) mass is 322 g/mol. The molecule has 0 amide bonds. The van der Waals surface area contributed by atoms with Crippen molar-refractivity contribution >= 4 is 11.0 Å². The van der Waals surface area contributed by atoms with Crippen molar-refractivity contribution in [3.63, 3.8) is 0 Å². The van der Waals surface area contributed by atoms with Crippen LogP contribution in [-0.4, -0.2) is 35.5 Å². The maximum Gasteiger partial charge on any atom is 0.256 e. The molecule has 122 valence electrons. The Labute approximate surface area is 139 Å². The van der Waals surface area contributed by atoms with Gasteiger partial charge >= 0.3 is 0 Å². The molecule has 0 aliphatic carbocycles. The van der Waals surface area contributed by atoms with Crippen molar-refractivity contribution in [3.8, 4) is 0 Å². The summed E-state index contributed by atoms with van der Waals surface area (Å²) in [6.45, 7) is 2.67. The Morgan fingerprint density at radius 2 is 1.71 bits per heavy atom. The van der Waals surface area contributed by atoms with Crippen LogP contribution < -0.4 is 0 Å². The van der Waals surface area contributed by atoms with Gasteiger partial charge in [-0.25, -0.2) is 4.98 Å². The number of ether oxygens (including phenoxy) is 3. The Balaban J connectivity index is 1.74. The molecule has 24 heavy (non-hydrogen) atoms. The molecule has 3 aromatic rings. The minimum absolute atomic E-state index is 0.246. The molecule has 0 spiro atoms. The predicted molar refractivity (Wildman–Crippen MR) is 88.6 cm³/mol. The Kier molecular flexibility index (Phi) is 3.19. The third-order valence-corrected chi connectivity index (χ3v) is 4.59. The largest absolute Gasteiger partial charge is 0.371 e. The number of hydrogen-bond donors (Lipinski definition) is 0. The molecule has 2 saturated heterocycles. The number of hydrogen-bond acceptors (Lipinski definition) is 4. The molecule has 1 atom stereocenters. The van der Waals surface area contributed by atoms with Crippen LogP contribution in [0.2, 0.25) is 0 Å². The number of nitrogens with zero attached hydrogens (tertiary/aromatic N) is 2. The second kappa shape index (κ2) is 5.41. The summed E-state index contributed by atoms with van der Waals surface area (Å²) in [4.78, 5) is 4.88. The second-order valence-electron chi connectivity index (χ2n) is 6.17. The Morgan fingerprint density at radius 1 is 1.00 bits per heavy atom. The Bertz CT molecular complexity index is 865. The van der Waals surface area contributed by atoms with E-state index in [1.165, 1.54) is 0 Å². The van der Waals surface area contributed by atoms with E-state index in [0.29, 0.717) is 13.2 Å². The molecular formula is C19H18N2O3. The summed E-state index contributed by atoms with van der Waals surface area (Å²) in [5, 5.41) is 0. The lowest BCUT2D eigenvalue weighted by Gasteiger charge is -2.28. The highest BCUT2D eigenvalue weighted by Gasteiger charge is 2.45. The highest BCUT2D eigenvalue weighted by atomic mass is 16.7. The number of fused-ring (bicyclic) bond motifs is 1. The number of aromatic nitrogens is 2. The Hall–Kier alpha value is -2.21. The van der Waals surface area contributed by atoms with Gasteiger partial charge in [0.2, 0.25) is 0 Å².